The van der Waals surface area contributed by atoms with Crippen LogP contribution in [0.25, 0.3) is 33.7 Å². The number of fused-ring (bicyclic) bond motifs is 1. The molecular formula is C23H19N7. The van der Waals surface area contributed by atoms with Gasteiger partial charge in [-0.25, -0.2) is 15.0 Å². The van der Waals surface area contributed by atoms with E-state index in [1.807, 2.05) is 61.7 Å². The number of H-pyrrole nitrogens is 1. The van der Waals surface area contributed by atoms with Crippen molar-refractivity contribution in [2.45, 2.75) is 13.5 Å². The lowest BCUT2D eigenvalue weighted by atomic mass is 10.1. The van der Waals surface area contributed by atoms with Crippen molar-refractivity contribution in [3.63, 3.8) is 0 Å². The van der Waals surface area contributed by atoms with Crippen LogP contribution in [0.5, 0.6) is 0 Å². The number of anilines is 1. The Morgan fingerprint density at radius 1 is 0.900 bits per heavy atom. The summed E-state index contributed by atoms with van der Waals surface area (Å²) in [5.41, 5.74) is 5.52. The molecule has 0 aliphatic rings. The number of aryl methyl sites for hydroxylation is 1. The van der Waals surface area contributed by atoms with E-state index in [9.17, 15) is 0 Å². The Hall–Kier alpha value is -4.13. The van der Waals surface area contributed by atoms with E-state index in [2.05, 4.69) is 31.5 Å². The van der Waals surface area contributed by atoms with E-state index in [4.69, 9.17) is 9.97 Å². The molecule has 0 spiro atoms. The molecule has 146 valence electrons. The van der Waals surface area contributed by atoms with Crippen molar-refractivity contribution in [3.8, 4) is 22.8 Å². The zero-order valence-electron chi connectivity index (χ0n) is 16.4. The quantitative estimate of drug-likeness (QED) is 0.460. The first-order chi connectivity index (χ1) is 14.8. The third-order valence-electron chi connectivity index (χ3n) is 4.84. The van der Waals surface area contributed by atoms with Gasteiger partial charge in [0.05, 0.1) is 17.4 Å². The summed E-state index contributed by atoms with van der Waals surface area (Å²) >= 11 is 0. The van der Waals surface area contributed by atoms with E-state index in [0.717, 1.165) is 44.9 Å². The average molecular weight is 393 g/mol. The van der Waals surface area contributed by atoms with Crippen LogP contribution in [0.4, 0.5) is 5.82 Å². The molecule has 7 nitrogen and oxygen atoms in total. The molecule has 7 heteroatoms. The number of nitrogens with zero attached hydrogens (tertiary/aromatic N) is 5. The molecule has 5 aromatic rings. The third-order valence-corrected chi connectivity index (χ3v) is 4.84. The van der Waals surface area contributed by atoms with Gasteiger partial charge < -0.3 is 5.32 Å². The molecule has 0 aliphatic heterocycles. The fourth-order valence-electron chi connectivity index (χ4n) is 3.35. The minimum atomic E-state index is 0.573. The maximum absolute atomic E-state index is 4.74. The molecule has 4 aromatic heterocycles. The average Bonchev–Trinajstić information content (AvgIpc) is 3.28. The van der Waals surface area contributed by atoms with Crippen LogP contribution in [0.15, 0.2) is 73.2 Å². The standard InChI is InChI=1S/C23H19N7/c1-15-5-2-9-20(27-15)23-28-21(17-7-4-10-24-12-17)11-22(29-23)25-13-16-6-3-8-19-18(16)14-26-30-19/h2-12,14H,13H2,1H3,(H,26,30)(H,25,28,29). The van der Waals surface area contributed by atoms with Gasteiger partial charge in [-0.15, -0.1) is 0 Å². The van der Waals surface area contributed by atoms with Gasteiger partial charge in [-0.1, -0.05) is 18.2 Å². The highest BCUT2D eigenvalue weighted by Crippen LogP contribution is 2.24. The van der Waals surface area contributed by atoms with Crippen molar-refractivity contribution in [1.29, 1.82) is 0 Å². The van der Waals surface area contributed by atoms with Crippen LogP contribution in [0.1, 0.15) is 11.3 Å². The first-order valence-corrected chi connectivity index (χ1v) is 9.65. The number of benzene rings is 1. The molecule has 0 unspecified atom stereocenters. The van der Waals surface area contributed by atoms with Crippen molar-refractivity contribution in [2.75, 3.05) is 5.32 Å². The molecule has 0 bridgehead atoms. The fourth-order valence-corrected chi connectivity index (χ4v) is 3.35. The van der Waals surface area contributed by atoms with Gasteiger partial charge in [0.15, 0.2) is 5.82 Å². The monoisotopic (exact) mass is 393 g/mol. The number of hydrogen-bond donors (Lipinski definition) is 2. The summed E-state index contributed by atoms with van der Waals surface area (Å²) in [6.07, 6.45) is 5.39. The number of hydrogen-bond acceptors (Lipinski definition) is 6. The van der Waals surface area contributed by atoms with E-state index in [1.54, 1.807) is 12.4 Å². The molecule has 0 radical (unpaired) electrons. The summed E-state index contributed by atoms with van der Waals surface area (Å²) in [5, 5.41) is 11.7. The van der Waals surface area contributed by atoms with Gasteiger partial charge in [0, 0.05) is 41.6 Å². The SMILES string of the molecule is Cc1cccc(-c2nc(NCc3cccc4[nH]ncc34)cc(-c3cccnc3)n2)n1. The van der Waals surface area contributed by atoms with Crippen molar-refractivity contribution < 1.29 is 0 Å². The minimum absolute atomic E-state index is 0.573. The number of nitrogens with one attached hydrogen (secondary N) is 2. The van der Waals surface area contributed by atoms with Crippen LogP contribution in [0.2, 0.25) is 0 Å². The molecule has 0 amide bonds. The van der Waals surface area contributed by atoms with Crippen LogP contribution in [-0.4, -0.2) is 30.1 Å². The van der Waals surface area contributed by atoms with Crippen LogP contribution in [-0.2, 0) is 6.54 Å². The van der Waals surface area contributed by atoms with Crippen molar-refractivity contribution in [1.82, 2.24) is 30.1 Å². The highest BCUT2D eigenvalue weighted by Gasteiger charge is 2.11. The highest BCUT2D eigenvalue weighted by atomic mass is 15.1. The molecule has 0 saturated carbocycles. The second-order valence-corrected chi connectivity index (χ2v) is 6.97. The fraction of sp³-hybridized carbons (Fsp3) is 0.0870. The van der Waals surface area contributed by atoms with E-state index < -0.39 is 0 Å². The maximum atomic E-state index is 4.74. The summed E-state index contributed by atoms with van der Waals surface area (Å²) in [7, 11) is 0. The molecule has 4 heterocycles. The molecular weight excluding hydrogens is 374 g/mol. The van der Waals surface area contributed by atoms with Crippen molar-refractivity contribution in [3.05, 3.63) is 84.4 Å². The summed E-state index contributed by atoms with van der Waals surface area (Å²) in [5.74, 6) is 1.30. The Bertz CT molecular complexity index is 1310. The van der Waals surface area contributed by atoms with Gasteiger partial charge in [0.1, 0.15) is 11.5 Å². The lowest BCUT2D eigenvalue weighted by Gasteiger charge is -2.11. The summed E-state index contributed by atoms with van der Waals surface area (Å²) in [4.78, 5) is 18.3. The normalized spacial score (nSPS) is 11.0. The topological polar surface area (TPSA) is 92.3 Å². The zero-order chi connectivity index (χ0) is 20.3. The third kappa shape index (κ3) is 3.60. The summed E-state index contributed by atoms with van der Waals surface area (Å²) in [6, 6.07) is 17.8. The number of rotatable bonds is 5. The first-order valence-electron chi connectivity index (χ1n) is 9.65. The molecule has 0 atom stereocenters. The Balaban J connectivity index is 1.53. The lowest BCUT2D eigenvalue weighted by Crippen LogP contribution is -2.05. The Kier molecular flexibility index (Phi) is 4.61. The van der Waals surface area contributed by atoms with Crippen molar-refractivity contribution in [2.24, 2.45) is 0 Å². The van der Waals surface area contributed by atoms with E-state index >= 15 is 0 Å². The molecule has 30 heavy (non-hydrogen) atoms. The molecule has 2 N–H and O–H groups in total. The number of pyridine rings is 2. The van der Waals surface area contributed by atoms with Gasteiger partial charge in [-0.05, 0) is 42.8 Å². The van der Waals surface area contributed by atoms with E-state index in [1.165, 1.54) is 0 Å². The van der Waals surface area contributed by atoms with Crippen LogP contribution < -0.4 is 5.32 Å². The smallest absolute Gasteiger partial charge is 0.180 e. The molecule has 0 saturated heterocycles. The summed E-state index contributed by atoms with van der Waals surface area (Å²) < 4.78 is 0. The Labute approximate surface area is 173 Å². The zero-order valence-corrected chi connectivity index (χ0v) is 16.4. The summed E-state index contributed by atoms with van der Waals surface area (Å²) in [6.45, 7) is 2.57. The van der Waals surface area contributed by atoms with Crippen LogP contribution in [0.3, 0.4) is 0 Å². The van der Waals surface area contributed by atoms with Crippen LogP contribution >= 0.6 is 0 Å². The number of aromatic nitrogens is 6. The molecule has 5 rings (SSSR count). The van der Waals surface area contributed by atoms with Gasteiger partial charge in [-0.3, -0.25) is 10.1 Å². The molecule has 1 aromatic carbocycles. The lowest BCUT2D eigenvalue weighted by molar-refractivity contribution is 1.08. The molecule has 0 fully saturated rings. The van der Waals surface area contributed by atoms with Gasteiger partial charge >= 0.3 is 0 Å². The number of aromatic amines is 1. The minimum Gasteiger partial charge on any atom is -0.366 e. The van der Waals surface area contributed by atoms with Gasteiger partial charge in [0.25, 0.3) is 0 Å². The van der Waals surface area contributed by atoms with Crippen molar-refractivity contribution >= 4 is 16.7 Å². The highest BCUT2D eigenvalue weighted by molar-refractivity contribution is 5.81. The van der Waals surface area contributed by atoms with Gasteiger partial charge in [0.2, 0.25) is 0 Å². The van der Waals surface area contributed by atoms with E-state index in [-0.39, 0.29) is 0 Å². The van der Waals surface area contributed by atoms with Crippen LogP contribution in [0, 0.1) is 6.92 Å². The van der Waals surface area contributed by atoms with E-state index in [0.29, 0.717) is 12.4 Å². The Morgan fingerprint density at radius 3 is 2.70 bits per heavy atom. The van der Waals surface area contributed by atoms with Gasteiger partial charge in [-0.2, -0.15) is 5.10 Å². The second kappa shape index (κ2) is 7.71. The molecule has 0 aliphatic carbocycles. The Morgan fingerprint density at radius 2 is 1.83 bits per heavy atom. The first kappa shape index (κ1) is 17.9. The predicted molar refractivity (Wildman–Crippen MR) is 117 cm³/mol. The predicted octanol–water partition coefficient (Wildman–Crippen LogP) is 4.40. The maximum Gasteiger partial charge on any atom is 0.180 e. The largest absolute Gasteiger partial charge is 0.366 e. The second-order valence-electron chi connectivity index (χ2n) is 6.97.